The summed E-state index contributed by atoms with van der Waals surface area (Å²) in [6.45, 7) is 0.127. The number of benzene rings is 2. The van der Waals surface area contributed by atoms with Crippen LogP contribution in [-0.2, 0) is 6.61 Å². The van der Waals surface area contributed by atoms with Crippen molar-refractivity contribution in [1.82, 2.24) is 14.6 Å². The Morgan fingerprint density at radius 2 is 1.84 bits per heavy atom. The van der Waals surface area contributed by atoms with E-state index < -0.39 is 5.97 Å². The zero-order valence-electron chi connectivity index (χ0n) is 16.7. The molecule has 0 spiro atoms. The molecule has 5 rings (SSSR count). The monoisotopic (exact) mass is 443 g/mol. The molecule has 2 N–H and O–H groups in total. The van der Waals surface area contributed by atoms with Gasteiger partial charge in [0.25, 0.3) is 5.56 Å². The van der Waals surface area contributed by atoms with E-state index in [0.717, 1.165) is 21.6 Å². The van der Waals surface area contributed by atoms with Gasteiger partial charge in [0.2, 0.25) is 0 Å². The maximum Gasteiger partial charge on any atom is 0.335 e. The molecule has 158 valence electrons. The van der Waals surface area contributed by atoms with Crippen LogP contribution >= 0.6 is 11.3 Å². The van der Waals surface area contributed by atoms with Crippen molar-refractivity contribution in [2.75, 3.05) is 0 Å². The number of aromatic amines is 1. The second kappa shape index (κ2) is 8.16. The van der Waals surface area contributed by atoms with Crippen molar-refractivity contribution in [1.29, 1.82) is 0 Å². The molecule has 0 aliphatic rings. The summed E-state index contributed by atoms with van der Waals surface area (Å²) in [4.78, 5) is 27.8. The fourth-order valence-corrected chi connectivity index (χ4v) is 4.34. The van der Waals surface area contributed by atoms with E-state index in [1.807, 2.05) is 18.2 Å². The van der Waals surface area contributed by atoms with E-state index in [2.05, 4.69) is 33.7 Å². The first-order valence-electron chi connectivity index (χ1n) is 9.79. The van der Waals surface area contributed by atoms with Crippen LogP contribution in [0, 0.1) is 0 Å². The van der Waals surface area contributed by atoms with Crippen LogP contribution in [-0.4, -0.2) is 25.7 Å². The van der Waals surface area contributed by atoms with Gasteiger partial charge in [-0.05, 0) is 46.8 Å². The van der Waals surface area contributed by atoms with Crippen molar-refractivity contribution in [2.45, 2.75) is 6.61 Å². The van der Waals surface area contributed by atoms with Crippen molar-refractivity contribution in [2.24, 2.45) is 0 Å². The number of hydrogen-bond donors (Lipinski definition) is 2. The largest absolute Gasteiger partial charge is 0.487 e. The summed E-state index contributed by atoms with van der Waals surface area (Å²) in [7, 11) is 0. The maximum absolute atomic E-state index is 12.6. The van der Waals surface area contributed by atoms with Crippen LogP contribution in [0.2, 0.25) is 0 Å². The molecule has 32 heavy (non-hydrogen) atoms. The predicted octanol–water partition coefficient (Wildman–Crippen LogP) is 4.70. The highest BCUT2D eigenvalue weighted by molar-refractivity contribution is 7.14. The number of aromatic carboxylic acids is 1. The van der Waals surface area contributed by atoms with Crippen molar-refractivity contribution in [3.63, 3.8) is 0 Å². The first kappa shape index (κ1) is 19.8. The van der Waals surface area contributed by atoms with Crippen molar-refractivity contribution in [3.05, 3.63) is 99.9 Å². The number of rotatable bonds is 6. The quantitative estimate of drug-likeness (QED) is 0.397. The first-order chi connectivity index (χ1) is 15.6. The minimum absolute atomic E-state index is 0.127. The normalized spacial score (nSPS) is 11.0. The Balaban J connectivity index is 1.43. The van der Waals surface area contributed by atoms with E-state index in [-0.39, 0.29) is 17.7 Å². The number of hydrogen-bond acceptors (Lipinski definition) is 5. The lowest BCUT2D eigenvalue weighted by atomic mass is 10.1. The van der Waals surface area contributed by atoms with Gasteiger partial charge in [0.15, 0.2) is 0 Å². The summed E-state index contributed by atoms with van der Waals surface area (Å²) in [5.41, 5.74) is 4.18. The molecule has 5 aromatic rings. The number of carbonyl (C=O) groups is 1. The van der Waals surface area contributed by atoms with E-state index in [4.69, 9.17) is 9.84 Å². The van der Waals surface area contributed by atoms with E-state index >= 15 is 0 Å². The van der Waals surface area contributed by atoms with Gasteiger partial charge in [-0.1, -0.05) is 30.3 Å². The molecule has 3 heterocycles. The molecule has 0 aliphatic heterocycles. The number of ether oxygens (including phenoxy) is 1. The number of nitrogens with one attached hydrogen (secondary N) is 1. The molecule has 0 amide bonds. The van der Waals surface area contributed by atoms with E-state index in [0.29, 0.717) is 17.1 Å². The summed E-state index contributed by atoms with van der Waals surface area (Å²) in [6, 6.07) is 19.7. The number of H-pyrrole nitrogens is 1. The molecule has 0 bridgehead atoms. The zero-order valence-corrected chi connectivity index (χ0v) is 17.5. The topological polar surface area (TPSA) is 96.7 Å². The van der Waals surface area contributed by atoms with Gasteiger partial charge in [0.05, 0.1) is 23.0 Å². The second-order valence-corrected chi connectivity index (χ2v) is 8.05. The van der Waals surface area contributed by atoms with E-state index in [1.165, 1.54) is 22.7 Å². The Labute approximate surface area is 186 Å². The van der Waals surface area contributed by atoms with Crippen LogP contribution in [0.25, 0.3) is 27.2 Å². The Bertz CT molecular complexity index is 1470. The van der Waals surface area contributed by atoms with Gasteiger partial charge in [-0.2, -0.15) is 9.61 Å². The van der Waals surface area contributed by atoms with Crippen molar-refractivity contribution < 1.29 is 14.6 Å². The van der Waals surface area contributed by atoms with Gasteiger partial charge < -0.3 is 14.8 Å². The molecule has 0 fully saturated rings. The molecular formula is C24H17N3O4S. The Morgan fingerprint density at radius 3 is 2.59 bits per heavy atom. The van der Waals surface area contributed by atoms with Crippen LogP contribution in [0.5, 0.6) is 5.75 Å². The maximum atomic E-state index is 12.6. The summed E-state index contributed by atoms with van der Waals surface area (Å²) in [5, 5.41) is 15.3. The predicted molar refractivity (Wildman–Crippen MR) is 122 cm³/mol. The average Bonchev–Trinajstić information content (AvgIpc) is 3.46. The molecule has 3 aromatic heterocycles. The zero-order chi connectivity index (χ0) is 22.1. The number of carboxylic acid groups (broad SMARTS) is 1. The summed E-state index contributed by atoms with van der Waals surface area (Å²) >= 11 is 1.59. The van der Waals surface area contributed by atoms with Gasteiger partial charge >= 0.3 is 5.97 Å². The van der Waals surface area contributed by atoms with Gasteiger partial charge in [-0.3, -0.25) is 4.79 Å². The van der Waals surface area contributed by atoms with Gasteiger partial charge in [-0.15, -0.1) is 11.3 Å². The molecule has 8 heteroatoms. The molecule has 0 saturated heterocycles. The van der Waals surface area contributed by atoms with Gasteiger partial charge in [0.1, 0.15) is 18.0 Å². The number of thiophene rings is 1. The van der Waals surface area contributed by atoms with Gasteiger partial charge in [-0.25, -0.2) is 4.79 Å². The number of fused-ring (bicyclic) bond motifs is 1. The highest BCUT2D eigenvalue weighted by Crippen LogP contribution is 2.34. The van der Waals surface area contributed by atoms with Crippen LogP contribution in [0.1, 0.15) is 16.1 Å². The molecule has 0 atom stereocenters. The second-order valence-electron chi connectivity index (χ2n) is 7.14. The summed E-state index contributed by atoms with van der Waals surface area (Å²) in [6.07, 6.45) is 1.68. The third-order valence-electron chi connectivity index (χ3n) is 5.02. The van der Waals surface area contributed by atoms with E-state index in [1.54, 1.807) is 29.7 Å². The van der Waals surface area contributed by atoms with Crippen LogP contribution in [0.3, 0.4) is 0 Å². The molecule has 0 radical (unpaired) electrons. The fraction of sp³-hybridized carbons (Fsp3) is 0.0417. The van der Waals surface area contributed by atoms with Crippen LogP contribution in [0.15, 0.2) is 83.1 Å². The Hall–Kier alpha value is -4.17. The average molecular weight is 443 g/mol. The molecule has 2 aromatic carbocycles. The Morgan fingerprint density at radius 1 is 1.06 bits per heavy atom. The van der Waals surface area contributed by atoms with E-state index in [9.17, 15) is 9.59 Å². The highest BCUT2D eigenvalue weighted by atomic mass is 32.1. The third kappa shape index (κ3) is 3.79. The molecule has 0 aliphatic carbocycles. The molecule has 7 nitrogen and oxygen atoms in total. The van der Waals surface area contributed by atoms with Crippen molar-refractivity contribution >= 4 is 23.0 Å². The minimum atomic E-state index is -0.997. The van der Waals surface area contributed by atoms with Gasteiger partial charge in [0, 0.05) is 10.9 Å². The van der Waals surface area contributed by atoms with Crippen LogP contribution < -0.4 is 10.3 Å². The molecular weight excluding hydrogens is 426 g/mol. The first-order valence-corrected chi connectivity index (χ1v) is 10.7. The smallest absolute Gasteiger partial charge is 0.335 e. The van der Waals surface area contributed by atoms with Crippen LogP contribution in [0.4, 0.5) is 0 Å². The lowest BCUT2D eigenvalue weighted by Crippen LogP contribution is -2.16. The van der Waals surface area contributed by atoms with Crippen molar-refractivity contribution in [3.8, 4) is 27.3 Å². The fourth-order valence-electron chi connectivity index (χ4n) is 3.41. The number of aromatic nitrogens is 3. The lowest BCUT2D eigenvalue weighted by molar-refractivity contribution is 0.0697. The Kier molecular flexibility index (Phi) is 5.04. The third-order valence-corrected chi connectivity index (χ3v) is 5.99. The lowest BCUT2D eigenvalue weighted by Gasteiger charge is -2.07. The minimum Gasteiger partial charge on any atom is -0.487 e. The number of nitrogens with zero attached hydrogens (tertiary/aromatic N) is 2. The number of carboxylic acids is 1. The molecule has 0 saturated carbocycles. The molecule has 0 unspecified atom stereocenters. The SMILES string of the molecule is O=C(O)c1ccc(OCc2cc(=O)n3ncc(-c4cc(-c5ccccc5)cs4)c3[nH]2)cc1. The summed E-state index contributed by atoms with van der Waals surface area (Å²) < 4.78 is 7.06. The standard InChI is InChI=1S/C24H17N3O4S/c28-22-11-18(13-31-19-8-6-16(7-9-19)24(29)30)26-23-20(12-25-27(22)23)21-10-17(14-32-21)15-4-2-1-3-5-15/h1-12,14,26H,13H2,(H,29,30). The summed E-state index contributed by atoms with van der Waals surface area (Å²) in [5.74, 6) is -0.487. The highest BCUT2D eigenvalue weighted by Gasteiger charge is 2.13.